The molecule has 1 saturated heterocycles. The molecule has 0 amide bonds. The Morgan fingerprint density at radius 1 is 1.28 bits per heavy atom. The fraction of sp³-hybridized carbons (Fsp3) is 0.571. The summed E-state index contributed by atoms with van der Waals surface area (Å²) in [5.74, 6) is 1.77. The van der Waals surface area contributed by atoms with Gasteiger partial charge in [-0.25, -0.2) is 0 Å². The molecule has 18 heavy (non-hydrogen) atoms. The Hall–Kier alpha value is -1.26. The molecule has 1 unspecified atom stereocenters. The molecule has 0 aliphatic carbocycles. The highest BCUT2D eigenvalue weighted by Crippen LogP contribution is 2.31. The smallest absolute Gasteiger partial charge is 0.161 e. The predicted octanol–water partition coefficient (Wildman–Crippen LogP) is 0.904. The van der Waals surface area contributed by atoms with Crippen LogP contribution < -0.4 is 14.8 Å². The monoisotopic (exact) mass is 248 g/mol. The van der Waals surface area contributed by atoms with Gasteiger partial charge in [0.15, 0.2) is 11.5 Å². The van der Waals surface area contributed by atoms with E-state index < -0.39 is 0 Å². The minimum absolute atomic E-state index is 0.534. The quantitative estimate of drug-likeness (QED) is 0.843. The van der Waals surface area contributed by atoms with E-state index in [2.05, 4.69) is 29.4 Å². The SMILES string of the molecule is CN1CCNC(Cc2ccc3c(c2)OCCO3)C1. The molecule has 1 atom stereocenters. The van der Waals surface area contributed by atoms with Gasteiger partial charge in [0.2, 0.25) is 0 Å². The molecule has 2 aliphatic rings. The first-order valence-corrected chi connectivity index (χ1v) is 6.62. The van der Waals surface area contributed by atoms with Crippen LogP contribution >= 0.6 is 0 Å². The van der Waals surface area contributed by atoms with Crippen LogP contribution in [0.4, 0.5) is 0 Å². The van der Waals surface area contributed by atoms with E-state index in [1.165, 1.54) is 5.56 Å². The third kappa shape index (κ3) is 2.60. The molecule has 0 radical (unpaired) electrons. The molecule has 2 aliphatic heterocycles. The largest absolute Gasteiger partial charge is 0.486 e. The van der Waals surface area contributed by atoms with Crippen LogP contribution in [-0.4, -0.2) is 50.8 Å². The Morgan fingerprint density at radius 3 is 2.94 bits per heavy atom. The summed E-state index contributed by atoms with van der Waals surface area (Å²) in [4.78, 5) is 2.37. The van der Waals surface area contributed by atoms with Gasteiger partial charge in [-0.15, -0.1) is 0 Å². The maximum atomic E-state index is 5.62. The van der Waals surface area contributed by atoms with Crippen LogP contribution in [0.5, 0.6) is 11.5 Å². The highest BCUT2D eigenvalue weighted by molar-refractivity contribution is 5.44. The zero-order chi connectivity index (χ0) is 12.4. The zero-order valence-electron chi connectivity index (χ0n) is 10.8. The van der Waals surface area contributed by atoms with Gasteiger partial charge in [0.05, 0.1) is 0 Å². The molecule has 0 saturated carbocycles. The topological polar surface area (TPSA) is 33.7 Å². The van der Waals surface area contributed by atoms with Crippen molar-refractivity contribution >= 4 is 0 Å². The van der Waals surface area contributed by atoms with Crippen molar-refractivity contribution in [1.29, 1.82) is 0 Å². The summed E-state index contributed by atoms with van der Waals surface area (Å²) >= 11 is 0. The lowest BCUT2D eigenvalue weighted by atomic mass is 10.0. The van der Waals surface area contributed by atoms with E-state index >= 15 is 0 Å². The van der Waals surface area contributed by atoms with Crippen molar-refractivity contribution in [2.75, 3.05) is 39.9 Å². The second kappa shape index (κ2) is 5.16. The van der Waals surface area contributed by atoms with Crippen molar-refractivity contribution in [2.24, 2.45) is 0 Å². The summed E-state index contributed by atoms with van der Waals surface area (Å²) in [6.07, 6.45) is 1.04. The fourth-order valence-corrected chi connectivity index (χ4v) is 2.63. The normalized spacial score (nSPS) is 23.9. The lowest BCUT2D eigenvalue weighted by molar-refractivity contribution is 0.171. The summed E-state index contributed by atoms with van der Waals surface area (Å²) in [7, 11) is 2.18. The Kier molecular flexibility index (Phi) is 3.39. The number of piperazine rings is 1. The minimum Gasteiger partial charge on any atom is -0.486 e. The Balaban J connectivity index is 1.69. The average Bonchev–Trinajstić information content (AvgIpc) is 2.39. The summed E-state index contributed by atoms with van der Waals surface area (Å²) in [5.41, 5.74) is 1.31. The molecule has 4 nitrogen and oxygen atoms in total. The number of hydrogen-bond acceptors (Lipinski definition) is 4. The average molecular weight is 248 g/mol. The molecule has 2 heterocycles. The summed E-state index contributed by atoms with van der Waals surface area (Å²) < 4.78 is 11.2. The number of nitrogens with one attached hydrogen (secondary N) is 1. The van der Waals surface area contributed by atoms with Crippen molar-refractivity contribution in [3.63, 3.8) is 0 Å². The van der Waals surface area contributed by atoms with Crippen molar-refractivity contribution < 1.29 is 9.47 Å². The van der Waals surface area contributed by atoms with E-state index in [0.29, 0.717) is 19.3 Å². The first-order valence-electron chi connectivity index (χ1n) is 6.62. The van der Waals surface area contributed by atoms with Crippen molar-refractivity contribution in [3.8, 4) is 11.5 Å². The van der Waals surface area contributed by atoms with Crippen LogP contribution in [0.3, 0.4) is 0 Å². The van der Waals surface area contributed by atoms with Gasteiger partial charge >= 0.3 is 0 Å². The number of fused-ring (bicyclic) bond motifs is 1. The molecule has 1 aromatic carbocycles. The van der Waals surface area contributed by atoms with Gasteiger partial charge in [-0.3, -0.25) is 0 Å². The third-order valence-electron chi connectivity index (χ3n) is 3.55. The van der Waals surface area contributed by atoms with E-state index in [0.717, 1.165) is 37.6 Å². The molecule has 0 spiro atoms. The zero-order valence-corrected chi connectivity index (χ0v) is 10.8. The minimum atomic E-state index is 0.534. The van der Waals surface area contributed by atoms with Crippen molar-refractivity contribution in [2.45, 2.75) is 12.5 Å². The molecule has 1 fully saturated rings. The lowest BCUT2D eigenvalue weighted by Crippen LogP contribution is -2.49. The Morgan fingerprint density at radius 2 is 2.11 bits per heavy atom. The van der Waals surface area contributed by atoms with Crippen molar-refractivity contribution in [3.05, 3.63) is 23.8 Å². The predicted molar refractivity (Wildman–Crippen MR) is 70.4 cm³/mol. The van der Waals surface area contributed by atoms with E-state index in [1.54, 1.807) is 0 Å². The van der Waals surface area contributed by atoms with Crippen LogP contribution in [-0.2, 0) is 6.42 Å². The molecule has 1 aromatic rings. The van der Waals surface area contributed by atoms with E-state index in [-0.39, 0.29) is 0 Å². The second-order valence-electron chi connectivity index (χ2n) is 5.10. The molecule has 3 rings (SSSR count). The number of rotatable bonds is 2. The van der Waals surface area contributed by atoms with E-state index in [1.807, 2.05) is 6.07 Å². The van der Waals surface area contributed by atoms with Crippen LogP contribution in [0.2, 0.25) is 0 Å². The maximum Gasteiger partial charge on any atom is 0.161 e. The second-order valence-corrected chi connectivity index (χ2v) is 5.10. The van der Waals surface area contributed by atoms with Gasteiger partial charge in [0.25, 0.3) is 0 Å². The van der Waals surface area contributed by atoms with E-state index in [9.17, 15) is 0 Å². The standard InChI is InChI=1S/C14H20N2O2/c1-16-5-4-15-12(10-16)8-11-2-3-13-14(9-11)18-7-6-17-13/h2-3,9,12,15H,4-8,10H2,1H3. The molecule has 0 aromatic heterocycles. The first-order chi connectivity index (χ1) is 8.81. The van der Waals surface area contributed by atoms with Crippen LogP contribution in [0.25, 0.3) is 0 Å². The molecule has 4 heteroatoms. The van der Waals surface area contributed by atoms with Gasteiger partial charge < -0.3 is 19.7 Å². The first kappa shape index (κ1) is 11.8. The van der Waals surface area contributed by atoms with Gasteiger partial charge in [0.1, 0.15) is 13.2 Å². The lowest BCUT2D eigenvalue weighted by Gasteiger charge is -2.31. The Labute approximate surface area is 108 Å². The number of ether oxygens (including phenoxy) is 2. The molecule has 0 bridgehead atoms. The van der Waals surface area contributed by atoms with Gasteiger partial charge in [-0.05, 0) is 31.2 Å². The molecule has 98 valence electrons. The number of nitrogens with zero attached hydrogens (tertiary/aromatic N) is 1. The van der Waals surface area contributed by atoms with Crippen LogP contribution in [0.1, 0.15) is 5.56 Å². The van der Waals surface area contributed by atoms with Crippen LogP contribution in [0, 0.1) is 0 Å². The maximum absolute atomic E-state index is 5.62. The van der Waals surface area contributed by atoms with Gasteiger partial charge in [0, 0.05) is 25.7 Å². The highest BCUT2D eigenvalue weighted by atomic mass is 16.6. The molecular weight excluding hydrogens is 228 g/mol. The highest BCUT2D eigenvalue weighted by Gasteiger charge is 2.18. The Bertz CT molecular complexity index is 422. The molecule has 1 N–H and O–H groups in total. The van der Waals surface area contributed by atoms with E-state index in [4.69, 9.17) is 9.47 Å². The number of hydrogen-bond donors (Lipinski definition) is 1. The van der Waals surface area contributed by atoms with Gasteiger partial charge in [-0.2, -0.15) is 0 Å². The van der Waals surface area contributed by atoms with Crippen LogP contribution in [0.15, 0.2) is 18.2 Å². The fourth-order valence-electron chi connectivity index (χ4n) is 2.63. The molecular formula is C14H20N2O2. The summed E-state index contributed by atoms with van der Waals surface area (Å²) in [5, 5.41) is 3.56. The summed E-state index contributed by atoms with van der Waals surface area (Å²) in [6.45, 7) is 4.62. The number of benzene rings is 1. The summed E-state index contributed by atoms with van der Waals surface area (Å²) in [6, 6.07) is 6.82. The third-order valence-corrected chi connectivity index (χ3v) is 3.55. The van der Waals surface area contributed by atoms with Crippen molar-refractivity contribution in [1.82, 2.24) is 10.2 Å². The van der Waals surface area contributed by atoms with Gasteiger partial charge in [-0.1, -0.05) is 6.07 Å². The number of likely N-dealkylation sites (N-methyl/N-ethyl adjacent to an activating group) is 1.